The highest BCUT2D eigenvalue weighted by Crippen LogP contribution is 2.36. The number of ether oxygens (including phenoxy) is 4. The van der Waals surface area contributed by atoms with E-state index in [9.17, 15) is 9.59 Å². The third-order valence-electron chi connectivity index (χ3n) is 4.00. The van der Waals surface area contributed by atoms with E-state index in [1.54, 1.807) is 42.8 Å². The molecule has 0 aliphatic carbocycles. The van der Waals surface area contributed by atoms with Crippen molar-refractivity contribution >= 4 is 28.3 Å². The van der Waals surface area contributed by atoms with Crippen LogP contribution in [0, 0.1) is 0 Å². The summed E-state index contributed by atoms with van der Waals surface area (Å²) in [5.41, 5.74) is 0.723. The Kier molecular flexibility index (Phi) is 7.44. The molecular weight excluding hydrogens is 424 g/mol. The fourth-order valence-electron chi connectivity index (χ4n) is 2.61. The predicted octanol–water partition coefficient (Wildman–Crippen LogP) is 2.75. The number of amides is 1. The third kappa shape index (κ3) is 5.72. The van der Waals surface area contributed by atoms with Gasteiger partial charge in [0.2, 0.25) is 5.75 Å². The second kappa shape index (κ2) is 10.4. The molecule has 0 saturated heterocycles. The van der Waals surface area contributed by atoms with Crippen molar-refractivity contribution in [2.75, 3.05) is 26.1 Å². The molecule has 11 heteroatoms. The summed E-state index contributed by atoms with van der Waals surface area (Å²) in [6.07, 6.45) is 1.67. The van der Waals surface area contributed by atoms with Crippen LogP contribution in [0.5, 0.6) is 17.2 Å². The molecule has 0 aliphatic rings. The van der Waals surface area contributed by atoms with Crippen LogP contribution in [0.25, 0.3) is 0 Å². The summed E-state index contributed by atoms with van der Waals surface area (Å²) in [6, 6.07) is 6.86. The molecule has 1 N–H and O–H groups in total. The number of rotatable bonds is 10. The molecule has 0 radical (unpaired) electrons. The van der Waals surface area contributed by atoms with Crippen molar-refractivity contribution in [1.82, 2.24) is 14.8 Å². The molecule has 31 heavy (non-hydrogen) atoms. The molecule has 10 nitrogen and oxygen atoms in total. The van der Waals surface area contributed by atoms with Crippen molar-refractivity contribution in [2.45, 2.75) is 20.1 Å². The largest absolute Gasteiger partial charge is 0.493 e. The molecule has 2 heterocycles. The molecule has 0 bridgehead atoms. The van der Waals surface area contributed by atoms with Gasteiger partial charge in [0.1, 0.15) is 0 Å². The van der Waals surface area contributed by atoms with E-state index in [0.29, 0.717) is 34.7 Å². The second-order valence-corrected chi connectivity index (χ2v) is 6.94. The van der Waals surface area contributed by atoms with Gasteiger partial charge in [-0.3, -0.25) is 14.9 Å². The first-order valence-corrected chi connectivity index (χ1v) is 10.2. The number of hydrogen-bond acceptors (Lipinski definition) is 9. The van der Waals surface area contributed by atoms with Gasteiger partial charge < -0.3 is 18.9 Å². The number of hydrogen-bond donors (Lipinski definition) is 1. The van der Waals surface area contributed by atoms with E-state index in [4.69, 9.17) is 18.9 Å². The maximum atomic E-state index is 12.4. The zero-order valence-corrected chi connectivity index (χ0v) is 18.1. The lowest BCUT2D eigenvalue weighted by atomic mass is 10.3. The Morgan fingerprint density at radius 2 is 1.90 bits per heavy atom. The van der Waals surface area contributed by atoms with E-state index in [0.717, 1.165) is 0 Å². The predicted molar refractivity (Wildman–Crippen MR) is 113 cm³/mol. The first-order valence-electron chi connectivity index (χ1n) is 9.32. The van der Waals surface area contributed by atoms with Crippen LogP contribution in [0.2, 0.25) is 0 Å². The molecule has 0 saturated carbocycles. The summed E-state index contributed by atoms with van der Waals surface area (Å²) < 4.78 is 22.7. The number of methoxy groups -OCH3 is 2. The number of nitrogens with one attached hydrogen (secondary N) is 1. The minimum Gasteiger partial charge on any atom is -0.493 e. The zero-order valence-electron chi connectivity index (χ0n) is 17.3. The number of thiazole rings is 1. The van der Waals surface area contributed by atoms with Crippen LogP contribution in [0.4, 0.5) is 5.13 Å². The van der Waals surface area contributed by atoms with Crippen LogP contribution >= 0.6 is 11.3 Å². The number of para-hydroxylation sites is 1. The van der Waals surface area contributed by atoms with E-state index in [-0.39, 0.29) is 24.8 Å². The maximum absolute atomic E-state index is 12.4. The fraction of sp³-hybridized carbons (Fsp3) is 0.300. The standard InChI is InChI=1S/C20H22N4O6S/c1-4-29-17(25)10-13-11-31-20(21-13)22-19(26)14-8-9-24(23-14)12-30-18-15(27-2)6-5-7-16(18)28-3/h5-9,11H,4,10,12H2,1-3H3,(H,21,22,26). The maximum Gasteiger partial charge on any atom is 0.311 e. The molecule has 0 fully saturated rings. The normalized spacial score (nSPS) is 10.4. The van der Waals surface area contributed by atoms with E-state index in [1.165, 1.54) is 30.2 Å². The summed E-state index contributed by atoms with van der Waals surface area (Å²) in [7, 11) is 3.07. The second-order valence-electron chi connectivity index (χ2n) is 6.09. The number of carbonyl (C=O) groups excluding carboxylic acids is 2. The quantitative estimate of drug-likeness (QED) is 0.473. The van der Waals surface area contributed by atoms with Crippen molar-refractivity contribution in [2.24, 2.45) is 0 Å². The molecule has 1 aromatic carbocycles. The van der Waals surface area contributed by atoms with Crippen LogP contribution < -0.4 is 19.5 Å². The Bertz CT molecular complexity index is 1030. The van der Waals surface area contributed by atoms with Gasteiger partial charge in [0, 0.05) is 11.6 Å². The van der Waals surface area contributed by atoms with E-state index >= 15 is 0 Å². The number of benzene rings is 1. The summed E-state index contributed by atoms with van der Waals surface area (Å²) >= 11 is 1.22. The SMILES string of the molecule is CCOC(=O)Cc1csc(NC(=O)c2ccn(COc3c(OC)cccc3OC)n2)n1. The summed E-state index contributed by atoms with van der Waals surface area (Å²) in [5, 5.41) is 8.94. The summed E-state index contributed by atoms with van der Waals surface area (Å²) in [6.45, 7) is 2.09. The van der Waals surface area contributed by atoms with Gasteiger partial charge in [-0.1, -0.05) is 6.07 Å². The van der Waals surface area contributed by atoms with Crippen LogP contribution in [0.3, 0.4) is 0 Å². The zero-order chi connectivity index (χ0) is 22.2. The number of aromatic nitrogens is 3. The smallest absolute Gasteiger partial charge is 0.311 e. The van der Waals surface area contributed by atoms with Crippen molar-refractivity contribution in [3.05, 3.63) is 47.2 Å². The third-order valence-corrected chi connectivity index (χ3v) is 4.81. The van der Waals surface area contributed by atoms with Crippen molar-refractivity contribution < 1.29 is 28.5 Å². The fourth-order valence-corrected chi connectivity index (χ4v) is 3.32. The van der Waals surface area contributed by atoms with Gasteiger partial charge in [0.25, 0.3) is 5.91 Å². The Labute approximate surface area is 182 Å². The molecule has 3 aromatic rings. The minimum absolute atomic E-state index is 0.0466. The number of anilines is 1. The summed E-state index contributed by atoms with van der Waals surface area (Å²) in [4.78, 5) is 28.2. The van der Waals surface area contributed by atoms with Crippen LogP contribution in [0.1, 0.15) is 23.1 Å². The molecular formula is C20H22N4O6S. The lowest BCUT2D eigenvalue weighted by molar-refractivity contribution is -0.142. The molecule has 1 amide bonds. The molecule has 0 aliphatic heterocycles. The molecule has 3 rings (SSSR count). The highest BCUT2D eigenvalue weighted by molar-refractivity contribution is 7.14. The Morgan fingerprint density at radius 1 is 1.16 bits per heavy atom. The van der Waals surface area contributed by atoms with Gasteiger partial charge in [0.15, 0.2) is 29.1 Å². The number of carbonyl (C=O) groups is 2. The Morgan fingerprint density at radius 3 is 2.58 bits per heavy atom. The first-order chi connectivity index (χ1) is 15.0. The van der Waals surface area contributed by atoms with Crippen LogP contribution in [0.15, 0.2) is 35.8 Å². The Hall–Kier alpha value is -3.60. The highest BCUT2D eigenvalue weighted by Gasteiger charge is 2.15. The van der Waals surface area contributed by atoms with Gasteiger partial charge in [-0.2, -0.15) is 5.10 Å². The molecule has 164 valence electrons. The van der Waals surface area contributed by atoms with Crippen LogP contribution in [-0.4, -0.2) is 47.5 Å². The molecule has 2 aromatic heterocycles. The number of esters is 1. The minimum atomic E-state index is -0.425. The van der Waals surface area contributed by atoms with Crippen LogP contribution in [-0.2, 0) is 22.7 Å². The first kappa shape index (κ1) is 22.1. The molecule has 0 atom stereocenters. The number of nitrogens with zero attached hydrogens (tertiary/aromatic N) is 3. The van der Waals surface area contributed by atoms with E-state index in [2.05, 4.69) is 15.4 Å². The van der Waals surface area contributed by atoms with Gasteiger partial charge in [0.05, 0.1) is 32.9 Å². The van der Waals surface area contributed by atoms with Gasteiger partial charge in [-0.25, -0.2) is 9.67 Å². The average molecular weight is 446 g/mol. The average Bonchev–Trinajstić information content (AvgIpc) is 3.41. The lowest BCUT2D eigenvalue weighted by Gasteiger charge is -2.13. The monoisotopic (exact) mass is 446 g/mol. The Balaban J connectivity index is 1.59. The molecule has 0 unspecified atom stereocenters. The van der Waals surface area contributed by atoms with E-state index in [1.807, 2.05) is 0 Å². The van der Waals surface area contributed by atoms with Gasteiger partial charge in [-0.05, 0) is 25.1 Å². The topological polar surface area (TPSA) is 114 Å². The highest BCUT2D eigenvalue weighted by atomic mass is 32.1. The van der Waals surface area contributed by atoms with Crippen molar-refractivity contribution in [1.29, 1.82) is 0 Å². The van der Waals surface area contributed by atoms with Crippen molar-refractivity contribution in [3.8, 4) is 17.2 Å². The lowest BCUT2D eigenvalue weighted by Crippen LogP contribution is -2.14. The molecule has 0 spiro atoms. The van der Waals surface area contributed by atoms with Gasteiger partial charge >= 0.3 is 5.97 Å². The van der Waals surface area contributed by atoms with E-state index < -0.39 is 5.91 Å². The van der Waals surface area contributed by atoms with Crippen molar-refractivity contribution in [3.63, 3.8) is 0 Å². The summed E-state index contributed by atoms with van der Waals surface area (Å²) in [5.74, 6) is 0.686. The van der Waals surface area contributed by atoms with Gasteiger partial charge in [-0.15, -0.1) is 11.3 Å².